The quantitative estimate of drug-likeness (QED) is 0.908. The SMILES string of the molecule is COc1cc2c(cc1OC)-c1c(OC)c(O)cc3c1[C@H](C2)NCC3. The van der Waals surface area contributed by atoms with Crippen molar-refractivity contribution in [2.45, 2.75) is 18.9 Å². The van der Waals surface area contributed by atoms with Crippen LogP contribution in [0, 0.1) is 0 Å². The molecule has 4 rings (SSSR count). The molecule has 2 aromatic rings. The molecular weight excluding hydrogens is 306 g/mol. The van der Waals surface area contributed by atoms with Crippen LogP contribution >= 0.6 is 0 Å². The summed E-state index contributed by atoms with van der Waals surface area (Å²) in [7, 11) is 4.87. The molecule has 0 saturated carbocycles. The van der Waals surface area contributed by atoms with Crippen LogP contribution in [0.25, 0.3) is 11.1 Å². The number of ether oxygens (including phenoxy) is 3. The molecule has 1 aliphatic carbocycles. The van der Waals surface area contributed by atoms with Crippen molar-refractivity contribution in [3.63, 3.8) is 0 Å². The van der Waals surface area contributed by atoms with Crippen LogP contribution < -0.4 is 19.5 Å². The van der Waals surface area contributed by atoms with E-state index in [9.17, 15) is 5.11 Å². The van der Waals surface area contributed by atoms with Gasteiger partial charge >= 0.3 is 0 Å². The molecule has 0 unspecified atom stereocenters. The lowest BCUT2D eigenvalue weighted by molar-refractivity contribution is 0.353. The number of rotatable bonds is 3. The summed E-state index contributed by atoms with van der Waals surface area (Å²) < 4.78 is 16.5. The molecule has 2 aliphatic rings. The molecule has 2 aromatic carbocycles. The Morgan fingerprint density at radius 1 is 1.00 bits per heavy atom. The number of hydrogen-bond acceptors (Lipinski definition) is 5. The van der Waals surface area contributed by atoms with E-state index in [1.54, 1.807) is 21.3 Å². The maximum atomic E-state index is 10.4. The number of phenols is 1. The predicted molar refractivity (Wildman–Crippen MR) is 91.4 cm³/mol. The molecule has 2 N–H and O–H groups in total. The van der Waals surface area contributed by atoms with Crippen LogP contribution in [-0.4, -0.2) is 33.0 Å². The summed E-state index contributed by atoms with van der Waals surface area (Å²) in [4.78, 5) is 0. The Hall–Kier alpha value is -2.40. The van der Waals surface area contributed by atoms with Gasteiger partial charge in [0.1, 0.15) is 0 Å². The Morgan fingerprint density at radius 3 is 2.46 bits per heavy atom. The summed E-state index contributed by atoms with van der Waals surface area (Å²) in [5.41, 5.74) is 5.58. The highest BCUT2D eigenvalue weighted by molar-refractivity contribution is 5.84. The average Bonchev–Trinajstić information content (AvgIpc) is 2.60. The molecule has 0 bridgehead atoms. The second-order valence-electron chi connectivity index (χ2n) is 6.20. The lowest BCUT2D eigenvalue weighted by atomic mass is 9.77. The van der Waals surface area contributed by atoms with Crippen LogP contribution in [0.1, 0.15) is 22.7 Å². The first-order valence-corrected chi connectivity index (χ1v) is 8.09. The van der Waals surface area contributed by atoms with Crippen molar-refractivity contribution in [3.05, 3.63) is 34.9 Å². The fourth-order valence-electron chi connectivity index (χ4n) is 4.00. The molecule has 0 radical (unpaired) electrons. The monoisotopic (exact) mass is 327 g/mol. The van der Waals surface area contributed by atoms with Crippen LogP contribution in [0.4, 0.5) is 0 Å². The van der Waals surface area contributed by atoms with Gasteiger partial charge in [0.05, 0.1) is 21.3 Å². The maximum Gasteiger partial charge on any atom is 0.168 e. The topological polar surface area (TPSA) is 60.0 Å². The molecule has 0 fully saturated rings. The molecule has 24 heavy (non-hydrogen) atoms. The van der Waals surface area contributed by atoms with Crippen LogP contribution in [0.3, 0.4) is 0 Å². The minimum Gasteiger partial charge on any atom is -0.504 e. The van der Waals surface area contributed by atoms with Gasteiger partial charge in [-0.25, -0.2) is 0 Å². The fourth-order valence-corrected chi connectivity index (χ4v) is 4.00. The van der Waals surface area contributed by atoms with E-state index in [2.05, 4.69) is 5.32 Å². The molecule has 1 heterocycles. The van der Waals surface area contributed by atoms with Crippen molar-refractivity contribution in [1.29, 1.82) is 0 Å². The first kappa shape index (κ1) is 15.1. The number of fused-ring (bicyclic) bond motifs is 2. The van der Waals surface area contributed by atoms with Gasteiger partial charge in [-0.1, -0.05) is 0 Å². The van der Waals surface area contributed by atoms with Crippen molar-refractivity contribution in [2.75, 3.05) is 27.9 Å². The number of phenolic OH excluding ortho intramolecular Hbond substituents is 1. The zero-order valence-corrected chi connectivity index (χ0v) is 14.1. The van der Waals surface area contributed by atoms with Gasteiger partial charge in [-0.3, -0.25) is 0 Å². The number of hydrogen-bond donors (Lipinski definition) is 2. The third-order valence-electron chi connectivity index (χ3n) is 5.03. The molecular formula is C19H21NO4. The molecule has 126 valence electrons. The molecule has 1 atom stereocenters. The number of benzene rings is 2. The average molecular weight is 327 g/mol. The molecule has 1 aliphatic heterocycles. The van der Waals surface area contributed by atoms with Crippen molar-refractivity contribution in [2.24, 2.45) is 0 Å². The molecule has 0 spiro atoms. The van der Waals surface area contributed by atoms with Gasteiger partial charge in [-0.15, -0.1) is 0 Å². The maximum absolute atomic E-state index is 10.4. The lowest BCUT2D eigenvalue weighted by Gasteiger charge is -2.35. The van der Waals surface area contributed by atoms with Gasteiger partial charge < -0.3 is 24.6 Å². The molecule has 0 aromatic heterocycles. The summed E-state index contributed by atoms with van der Waals surface area (Å²) in [5, 5.41) is 14.0. The van der Waals surface area contributed by atoms with E-state index in [-0.39, 0.29) is 11.8 Å². The van der Waals surface area contributed by atoms with E-state index in [1.807, 2.05) is 18.2 Å². The van der Waals surface area contributed by atoms with E-state index in [4.69, 9.17) is 14.2 Å². The van der Waals surface area contributed by atoms with Crippen LogP contribution in [-0.2, 0) is 12.8 Å². The number of nitrogens with one attached hydrogen (secondary N) is 1. The van der Waals surface area contributed by atoms with Crippen LogP contribution in [0.15, 0.2) is 18.2 Å². The van der Waals surface area contributed by atoms with Gasteiger partial charge in [-0.2, -0.15) is 0 Å². The van der Waals surface area contributed by atoms with E-state index in [1.165, 1.54) is 11.1 Å². The van der Waals surface area contributed by atoms with Gasteiger partial charge in [0, 0.05) is 11.6 Å². The van der Waals surface area contributed by atoms with Crippen LogP contribution in [0.5, 0.6) is 23.0 Å². The minimum atomic E-state index is 0.189. The lowest BCUT2D eigenvalue weighted by Crippen LogP contribution is -2.33. The third kappa shape index (κ3) is 2.04. The van der Waals surface area contributed by atoms with E-state index < -0.39 is 0 Å². The summed E-state index contributed by atoms with van der Waals surface area (Å²) in [6.07, 6.45) is 1.78. The first-order valence-electron chi connectivity index (χ1n) is 8.09. The minimum absolute atomic E-state index is 0.189. The zero-order valence-electron chi connectivity index (χ0n) is 14.1. The van der Waals surface area contributed by atoms with Gasteiger partial charge in [0.2, 0.25) is 0 Å². The molecule has 5 heteroatoms. The summed E-state index contributed by atoms with van der Waals surface area (Å²) in [6, 6.07) is 6.08. The smallest absolute Gasteiger partial charge is 0.168 e. The Balaban J connectivity index is 2.05. The summed E-state index contributed by atoms with van der Waals surface area (Å²) in [6.45, 7) is 0.908. The Kier molecular flexibility index (Phi) is 3.53. The van der Waals surface area contributed by atoms with Gasteiger partial charge in [-0.05, 0) is 59.8 Å². The van der Waals surface area contributed by atoms with Gasteiger partial charge in [0.25, 0.3) is 0 Å². The van der Waals surface area contributed by atoms with Crippen molar-refractivity contribution in [3.8, 4) is 34.1 Å². The summed E-state index contributed by atoms with van der Waals surface area (Å²) >= 11 is 0. The number of methoxy groups -OCH3 is 3. The van der Waals surface area contributed by atoms with Crippen molar-refractivity contribution in [1.82, 2.24) is 5.32 Å². The highest BCUT2D eigenvalue weighted by atomic mass is 16.5. The molecule has 0 amide bonds. The summed E-state index contributed by atoms with van der Waals surface area (Å²) in [5.74, 6) is 2.11. The third-order valence-corrected chi connectivity index (χ3v) is 5.03. The zero-order chi connectivity index (χ0) is 16.8. The Bertz CT molecular complexity index is 816. The van der Waals surface area contributed by atoms with E-state index in [0.29, 0.717) is 11.5 Å². The second-order valence-corrected chi connectivity index (χ2v) is 6.20. The van der Waals surface area contributed by atoms with Crippen LogP contribution in [0.2, 0.25) is 0 Å². The van der Waals surface area contributed by atoms with E-state index >= 15 is 0 Å². The first-order chi connectivity index (χ1) is 11.7. The fraction of sp³-hybridized carbons (Fsp3) is 0.368. The Morgan fingerprint density at radius 2 is 1.75 bits per heavy atom. The highest BCUT2D eigenvalue weighted by Crippen LogP contribution is 2.52. The Labute approximate surface area is 141 Å². The van der Waals surface area contributed by atoms with Crippen molar-refractivity contribution >= 4 is 0 Å². The molecule has 5 nitrogen and oxygen atoms in total. The second kappa shape index (κ2) is 5.60. The number of aromatic hydroxyl groups is 1. The van der Waals surface area contributed by atoms with Gasteiger partial charge in [0.15, 0.2) is 23.0 Å². The largest absolute Gasteiger partial charge is 0.504 e. The predicted octanol–water partition coefficient (Wildman–Crippen LogP) is 2.83. The standard InChI is InChI=1S/C19H21NO4/c1-22-15-8-11-6-13-17-10(4-5-20-13)7-14(21)19(24-3)18(17)12(11)9-16(15)23-2/h7-9,13,20-21H,4-6H2,1-3H3/t13-/m0/s1. The normalized spacial score (nSPS) is 17.7. The molecule has 0 saturated heterocycles. The van der Waals surface area contributed by atoms with E-state index in [0.717, 1.165) is 41.8 Å². The van der Waals surface area contributed by atoms with Crippen molar-refractivity contribution < 1.29 is 19.3 Å². The highest BCUT2D eigenvalue weighted by Gasteiger charge is 2.34.